The Morgan fingerprint density at radius 2 is 2.21 bits per heavy atom. The lowest BCUT2D eigenvalue weighted by Crippen LogP contribution is -2.21. The highest BCUT2D eigenvalue weighted by molar-refractivity contribution is 5.78. The first kappa shape index (κ1) is 11.6. The zero-order valence-electron chi connectivity index (χ0n) is 7.07. The van der Waals surface area contributed by atoms with Gasteiger partial charge in [-0.15, -0.1) is 10.1 Å². The third-order valence-corrected chi connectivity index (χ3v) is 0.904. The molecule has 0 saturated heterocycles. The molecule has 8 nitrogen and oxygen atoms in total. The third-order valence-electron chi connectivity index (χ3n) is 0.904. The molecule has 0 amide bonds. The van der Waals surface area contributed by atoms with Crippen molar-refractivity contribution in [1.29, 1.82) is 0 Å². The van der Waals surface area contributed by atoms with Crippen molar-refractivity contribution in [2.75, 3.05) is 0 Å². The molecular formula is C6H9N5O3. The summed E-state index contributed by atoms with van der Waals surface area (Å²) in [5.74, 6) is 0.0491. The molecule has 14 heavy (non-hydrogen) atoms. The minimum Gasteiger partial charge on any atom is -0.370 e. The van der Waals surface area contributed by atoms with Gasteiger partial charge in [0.2, 0.25) is 0 Å². The van der Waals surface area contributed by atoms with Gasteiger partial charge in [-0.2, -0.15) is 0 Å². The summed E-state index contributed by atoms with van der Waals surface area (Å²) in [7, 11) is 0. The van der Waals surface area contributed by atoms with Gasteiger partial charge in [-0.25, -0.2) is 4.99 Å². The number of hydrogen-bond acceptors (Lipinski definition) is 4. The molecule has 0 atom stereocenters. The quantitative estimate of drug-likeness (QED) is 0.244. The fourth-order valence-corrected chi connectivity index (χ4v) is 0.569. The van der Waals surface area contributed by atoms with Gasteiger partial charge in [0.25, 0.3) is 5.09 Å². The Morgan fingerprint density at radius 1 is 1.64 bits per heavy atom. The summed E-state index contributed by atoms with van der Waals surface area (Å²) >= 11 is 0. The topological polar surface area (TPSA) is 141 Å². The summed E-state index contributed by atoms with van der Waals surface area (Å²) in [6, 6.07) is 3.54. The van der Waals surface area contributed by atoms with Gasteiger partial charge in [0.1, 0.15) is 0 Å². The molecular weight excluding hydrogens is 190 g/mol. The fraction of sp³-hybridized carbons (Fsp3) is 0. The van der Waals surface area contributed by atoms with E-state index in [0.29, 0.717) is 5.69 Å². The van der Waals surface area contributed by atoms with Crippen LogP contribution in [0.1, 0.15) is 0 Å². The first-order valence-corrected chi connectivity index (χ1v) is 3.35. The number of pyridine rings is 1. The van der Waals surface area contributed by atoms with Gasteiger partial charge in [-0.1, -0.05) is 0 Å². The number of aromatic nitrogens is 1. The number of nitrogens with two attached hydrogens (primary N) is 2. The van der Waals surface area contributed by atoms with Crippen molar-refractivity contribution in [3.05, 3.63) is 34.6 Å². The van der Waals surface area contributed by atoms with Crippen LogP contribution in [-0.4, -0.2) is 21.2 Å². The highest BCUT2D eigenvalue weighted by atomic mass is 16.9. The minimum absolute atomic E-state index is 0.0491. The second-order valence-corrected chi connectivity index (χ2v) is 1.99. The molecule has 0 fully saturated rings. The SMILES string of the molecule is NC(N)=Nc1cccnc1.O=[N+]([O-])O. The van der Waals surface area contributed by atoms with Gasteiger partial charge in [0.15, 0.2) is 5.96 Å². The van der Waals surface area contributed by atoms with E-state index in [1.807, 2.05) is 0 Å². The number of nitrogens with zero attached hydrogens (tertiary/aromatic N) is 3. The molecule has 0 aromatic carbocycles. The number of rotatable bonds is 1. The predicted molar refractivity (Wildman–Crippen MR) is 48.5 cm³/mol. The molecule has 0 aliphatic rings. The Kier molecular flexibility index (Phi) is 5.12. The summed E-state index contributed by atoms with van der Waals surface area (Å²) in [5.41, 5.74) is 10.9. The normalized spacial score (nSPS) is 8.00. The first-order chi connectivity index (χ1) is 6.52. The van der Waals surface area contributed by atoms with E-state index in [2.05, 4.69) is 9.98 Å². The Hall–Kier alpha value is -2.38. The van der Waals surface area contributed by atoms with Crippen molar-refractivity contribution in [2.24, 2.45) is 16.5 Å². The molecule has 0 unspecified atom stereocenters. The summed E-state index contributed by atoms with van der Waals surface area (Å²) in [6.45, 7) is 0. The summed E-state index contributed by atoms with van der Waals surface area (Å²) < 4.78 is 0. The second-order valence-electron chi connectivity index (χ2n) is 1.99. The molecule has 5 N–H and O–H groups in total. The standard InChI is InChI=1S/C6H8N4.HNO3/c7-6(8)10-5-2-1-3-9-4-5;2-1(3)4/h1-4H,(H4,7,8,10);(H,2,3,4). The van der Waals surface area contributed by atoms with Crippen molar-refractivity contribution < 1.29 is 10.3 Å². The maximum atomic E-state index is 8.36. The predicted octanol–water partition coefficient (Wildman–Crippen LogP) is -0.361. The van der Waals surface area contributed by atoms with Crippen LogP contribution in [0, 0.1) is 10.1 Å². The van der Waals surface area contributed by atoms with E-state index in [1.165, 1.54) is 0 Å². The lowest BCUT2D eigenvalue weighted by atomic mass is 10.4. The number of aliphatic imine (C=N–C) groups is 1. The van der Waals surface area contributed by atoms with Gasteiger partial charge in [0, 0.05) is 6.20 Å². The molecule has 1 heterocycles. The number of hydrogen-bond donors (Lipinski definition) is 3. The Balaban J connectivity index is 0.000000364. The van der Waals surface area contributed by atoms with Crippen LogP contribution >= 0.6 is 0 Å². The van der Waals surface area contributed by atoms with Crippen LogP contribution in [0.5, 0.6) is 0 Å². The number of guanidine groups is 1. The van der Waals surface area contributed by atoms with Gasteiger partial charge >= 0.3 is 0 Å². The molecule has 1 aromatic heterocycles. The van der Waals surface area contributed by atoms with Crippen molar-refractivity contribution in [3.63, 3.8) is 0 Å². The van der Waals surface area contributed by atoms with E-state index in [4.69, 9.17) is 26.8 Å². The average molecular weight is 199 g/mol. The third kappa shape index (κ3) is 7.72. The summed E-state index contributed by atoms with van der Waals surface area (Å²) in [5, 5.41) is 13.6. The van der Waals surface area contributed by atoms with E-state index >= 15 is 0 Å². The van der Waals surface area contributed by atoms with Gasteiger partial charge in [0.05, 0.1) is 11.9 Å². The van der Waals surface area contributed by atoms with Crippen LogP contribution in [-0.2, 0) is 0 Å². The molecule has 0 radical (unpaired) electrons. The molecule has 0 spiro atoms. The average Bonchev–Trinajstić information content (AvgIpc) is 2.03. The van der Waals surface area contributed by atoms with Crippen LogP contribution in [0.25, 0.3) is 0 Å². The highest BCUT2D eigenvalue weighted by Gasteiger charge is 1.84. The molecule has 1 aromatic rings. The Morgan fingerprint density at radius 3 is 2.57 bits per heavy atom. The van der Waals surface area contributed by atoms with E-state index in [1.54, 1.807) is 24.5 Å². The molecule has 1 rings (SSSR count). The van der Waals surface area contributed by atoms with E-state index in [0.717, 1.165) is 0 Å². The summed E-state index contributed by atoms with van der Waals surface area (Å²) in [6.07, 6.45) is 3.24. The zero-order valence-corrected chi connectivity index (χ0v) is 7.07. The largest absolute Gasteiger partial charge is 0.370 e. The lowest BCUT2D eigenvalue weighted by molar-refractivity contribution is -0.742. The van der Waals surface area contributed by atoms with Crippen molar-refractivity contribution in [2.45, 2.75) is 0 Å². The van der Waals surface area contributed by atoms with Gasteiger partial charge in [-0.3, -0.25) is 4.98 Å². The first-order valence-electron chi connectivity index (χ1n) is 3.35. The van der Waals surface area contributed by atoms with Crippen LogP contribution < -0.4 is 11.5 Å². The van der Waals surface area contributed by atoms with E-state index in [9.17, 15) is 0 Å². The van der Waals surface area contributed by atoms with Gasteiger partial charge < -0.3 is 16.7 Å². The van der Waals surface area contributed by atoms with Crippen molar-refractivity contribution in [3.8, 4) is 0 Å². The second kappa shape index (κ2) is 6.17. The molecule has 0 saturated carbocycles. The fourth-order valence-electron chi connectivity index (χ4n) is 0.569. The monoisotopic (exact) mass is 199 g/mol. The maximum Gasteiger partial charge on any atom is 0.291 e. The zero-order chi connectivity index (χ0) is 11.0. The molecule has 8 heteroatoms. The summed E-state index contributed by atoms with van der Waals surface area (Å²) in [4.78, 5) is 15.9. The molecule has 0 bridgehead atoms. The van der Waals surface area contributed by atoms with E-state index in [-0.39, 0.29) is 5.96 Å². The smallest absolute Gasteiger partial charge is 0.291 e. The van der Waals surface area contributed by atoms with Crippen molar-refractivity contribution >= 4 is 11.6 Å². The van der Waals surface area contributed by atoms with E-state index < -0.39 is 5.09 Å². The minimum atomic E-state index is -1.50. The Bertz CT molecular complexity index is 305. The van der Waals surface area contributed by atoms with Crippen LogP contribution in [0.2, 0.25) is 0 Å². The van der Waals surface area contributed by atoms with Crippen LogP contribution in [0.3, 0.4) is 0 Å². The van der Waals surface area contributed by atoms with Gasteiger partial charge in [-0.05, 0) is 12.1 Å². The molecule has 0 aliphatic carbocycles. The maximum absolute atomic E-state index is 8.36. The molecule has 76 valence electrons. The lowest BCUT2D eigenvalue weighted by Gasteiger charge is -1.90. The highest BCUT2D eigenvalue weighted by Crippen LogP contribution is 2.05. The van der Waals surface area contributed by atoms with Crippen LogP contribution in [0.15, 0.2) is 29.5 Å². The van der Waals surface area contributed by atoms with Crippen molar-refractivity contribution in [1.82, 2.24) is 4.98 Å². The molecule has 0 aliphatic heterocycles. The Labute approximate surface area is 79.0 Å². The van der Waals surface area contributed by atoms with Crippen LogP contribution in [0.4, 0.5) is 5.69 Å².